The molecule has 40 heavy (non-hydrogen) atoms. The van der Waals surface area contributed by atoms with Crippen molar-refractivity contribution in [3.8, 4) is 5.75 Å². The zero-order valence-corrected chi connectivity index (χ0v) is 21.6. The largest absolute Gasteiger partial charge is 0.494 e. The molecule has 1 saturated carbocycles. The zero-order chi connectivity index (χ0) is 27.8. The molecule has 4 aliphatic rings. The Balaban J connectivity index is 1.21. The number of urea groups is 1. The van der Waals surface area contributed by atoms with E-state index in [1.165, 1.54) is 43.1 Å². The number of fused-ring (bicyclic) bond motifs is 2. The highest BCUT2D eigenvalue weighted by atomic mass is 19.1. The molecule has 1 atom stereocenters. The van der Waals surface area contributed by atoms with Crippen molar-refractivity contribution < 1.29 is 32.3 Å². The first kappa shape index (κ1) is 24.8. The average Bonchev–Trinajstić information content (AvgIpc) is 3.54. The van der Waals surface area contributed by atoms with E-state index in [0.717, 1.165) is 13.1 Å². The number of piperazine rings is 1. The molecule has 3 fully saturated rings. The molecule has 3 aromatic rings. The van der Waals surface area contributed by atoms with Gasteiger partial charge in [0.15, 0.2) is 34.3 Å². The molecule has 4 amide bonds. The topological polar surface area (TPSA) is 120 Å². The number of imide groups is 1. The van der Waals surface area contributed by atoms with Gasteiger partial charge in [-0.05, 0) is 24.5 Å². The summed E-state index contributed by atoms with van der Waals surface area (Å²) in [5, 5.41) is 4.77. The maximum Gasteiger partial charge on any atom is 0.322 e. The highest BCUT2D eigenvalue weighted by molar-refractivity contribution is 6.08. The molecule has 2 aromatic heterocycles. The Hall–Kier alpha value is -4.26. The molecule has 2 N–H and O–H groups in total. The van der Waals surface area contributed by atoms with Crippen molar-refractivity contribution in [1.82, 2.24) is 25.4 Å². The summed E-state index contributed by atoms with van der Waals surface area (Å²) in [6.45, 7) is 2.58. The summed E-state index contributed by atoms with van der Waals surface area (Å²) >= 11 is 0. The number of rotatable bonds is 6. The standard InChI is InChI=1S/C27H26F2N6O5/c1-39-18-5-2-14-12-35(24(36)21(14)22(18)29)13-27(25(37)31-26(38)32-27)20-11-17-19(40-20)10-16(28)23(30-17)34-8-6-33(7-9-34)15-3-4-15/h2,5,10-11,15H,3-4,6-9,12-13H2,1H3,(H2,31,32,37,38)/t27-/m0/s1. The Morgan fingerprint density at radius 3 is 2.58 bits per heavy atom. The van der Waals surface area contributed by atoms with Crippen molar-refractivity contribution in [3.63, 3.8) is 0 Å². The van der Waals surface area contributed by atoms with E-state index in [1.54, 1.807) is 6.07 Å². The number of carbonyl (C=O) groups is 3. The predicted molar refractivity (Wildman–Crippen MR) is 137 cm³/mol. The van der Waals surface area contributed by atoms with E-state index in [4.69, 9.17) is 9.15 Å². The zero-order valence-electron chi connectivity index (χ0n) is 21.6. The predicted octanol–water partition coefficient (Wildman–Crippen LogP) is 2.09. The molecule has 0 radical (unpaired) electrons. The van der Waals surface area contributed by atoms with Crippen LogP contribution in [0.15, 0.2) is 28.7 Å². The van der Waals surface area contributed by atoms with Crippen molar-refractivity contribution >= 4 is 34.8 Å². The Labute approximate surface area is 227 Å². The molecule has 3 aliphatic heterocycles. The van der Waals surface area contributed by atoms with Crippen LogP contribution in [0.1, 0.15) is 34.5 Å². The molecule has 5 heterocycles. The summed E-state index contributed by atoms with van der Waals surface area (Å²) in [6.07, 6.45) is 2.42. The van der Waals surface area contributed by atoms with Gasteiger partial charge in [-0.3, -0.25) is 19.8 Å². The number of methoxy groups -OCH3 is 1. The molecule has 1 aromatic carbocycles. The lowest BCUT2D eigenvalue weighted by atomic mass is 9.95. The van der Waals surface area contributed by atoms with Gasteiger partial charge < -0.3 is 24.3 Å². The number of amides is 4. The maximum absolute atomic E-state index is 15.2. The number of pyridine rings is 1. The van der Waals surface area contributed by atoms with E-state index in [0.29, 0.717) is 30.2 Å². The first-order valence-electron chi connectivity index (χ1n) is 13.1. The molecule has 1 aliphatic carbocycles. The minimum absolute atomic E-state index is 0.00404. The van der Waals surface area contributed by atoms with E-state index >= 15 is 4.39 Å². The van der Waals surface area contributed by atoms with Crippen molar-refractivity contribution in [2.24, 2.45) is 0 Å². The number of benzene rings is 1. The molecule has 13 heteroatoms. The van der Waals surface area contributed by atoms with Crippen molar-refractivity contribution in [1.29, 1.82) is 0 Å². The van der Waals surface area contributed by atoms with Crippen LogP contribution in [0.25, 0.3) is 11.1 Å². The number of nitrogens with one attached hydrogen (secondary N) is 2. The van der Waals surface area contributed by atoms with Crippen LogP contribution in [0.3, 0.4) is 0 Å². The highest BCUT2D eigenvalue weighted by Gasteiger charge is 2.53. The van der Waals surface area contributed by atoms with Gasteiger partial charge in [-0.25, -0.2) is 18.6 Å². The number of anilines is 1. The van der Waals surface area contributed by atoms with Crippen molar-refractivity contribution in [2.45, 2.75) is 31.0 Å². The number of halogens is 2. The molecular weight excluding hydrogens is 526 g/mol. The average molecular weight is 553 g/mol. The third-order valence-corrected chi connectivity index (χ3v) is 8.18. The second kappa shape index (κ2) is 8.88. The van der Waals surface area contributed by atoms with Crippen LogP contribution >= 0.6 is 0 Å². The van der Waals surface area contributed by atoms with E-state index in [9.17, 15) is 18.8 Å². The molecule has 11 nitrogen and oxygen atoms in total. The summed E-state index contributed by atoms with van der Waals surface area (Å²) in [6, 6.07) is 5.55. The molecule has 2 saturated heterocycles. The maximum atomic E-state index is 15.2. The van der Waals surface area contributed by atoms with Gasteiger partial charge >= 0.3 is 6.03 Å². The van der Waals surface area contributed by atoms with Crippen molar-refractivity contribution in [3.05, 3.63) is 52.8 Å². The molecule has 0 unspecified atom stereocenters. The van der Waals surface area contributed by atoms with Gasteiger partial charge in [-0.2, -0.15) is 0 Å². The molecule has 208 valence electrons. The summed E-state index contributed by atoms with van der Waals surface area (Å²) in [7, 11) is 1.30. The minimum atomic E-state index is -1.83. The number of aromatic nitrogens is 1. The van der Waals surface area contributed by atoms with E-state index in [1.807, 2.05) is 4.90 Å². The fourth-order valence-corrected chi connectivity index (χ4v) is 5.93. The van der Waals surface area contributed by atoms with Gasteiger partial charge in [0, 0.05) is 50.9 Å². The number of carbonyl (C=O) groups excluding carboxylic acids is 3. The van der Waals surface area contributed by atoms with E-state index in [2.05, 4.69) is 20.5 Å². The number of hydrogen-bond acceptors (Lipinski definition) is 8. The first-order chi connectivity index (χ1) is 19.3. The monoisotopic (exact) mass is 552 g/mol. The Kier molecular flexibility index (Phi) is 5.50. The fraction of sp³-hybridized carbons (Fsp3) is 0.407. The molecule has 7 rings (SSSR count). The Morgan fingerprint density at radius 1 is 1.12 bits per heavy atom. The van der Waals surface area contributed by atoms with Crippen LogP contribution in [0.2, 0.25) is 0 Å². The molecule has 0 spiro atoms. The van der Waals surface area contributed by atoms with Gasteiger partial charge in [0.2, 0.25) is 0 Å². The summed E-state index contributed by atoms with van der Waals surface area (Å²) in [4.78, 5) is 48.8. The van der Waals surface area contributed by atoms with Crippen LogP contribution in [0.5, 0.6) is 5.75 Å². The summed E-state index contributed by atoms with van der Waals surface area (Å²) in [5.41, 5.74) is -1.17. The third-order valence-electron chi connectivity index (χ3n) is 8.18. The van der Waals surface area contributed by atoms with Gasteiger partial charge in [0.25, 0.3) is 11.8 Å². The molecular formula is C27H26F2N6O5. The summed E-state index contributed by atoms with van der Waals surface area (Å²) < 4.78 is 41.0. The van der Waals surface area contributed by atoms with Gasteiger partial charge in [0.05, 0.1) is 19.2 Å². The first-order valence-corrected chi connectivity index (χ1v) is 13.1. The molecule has 0 bridgehead atoms. The highest BCUT2D eigenvalue weighted by Crippen LogP contribution is 2.37. The lowest BCUT2D eigenvalue weighted by molar-refractivity contribution is -0.125. The second-order valence-corrected chi connectivity index (χ2v) is 10.6. The van der Waals surface area contributed by atoms with Crippen LogP contribution in [0.4, 0.5) is 19.4 Å². The van der Waals surface area contributed by atoms with Crippen LogP contribution in [-0.2, 0) is 16.9 Å². The Morgan fingerprint density at radius 2 is 1.90 bits per heavy atom. The summed E-state index contributed by atoms with van der Waals surface area (Å²) in [5.74, 6) is -2.67. The smallest absolute Gasteiger partial charge is 0.322 e. The van der Waals surface area contributed by atoms with Gasteiger partial charge in [-0.1, -0.05) is 6.07 Å². The van der Waals surface area contributed by atoms with E-state index in [-0.39, 0.29) is 41.6 Å². The third kappa shape index (κ3) is 3.79. The van der Waals surface area contributed by atoms with Gasteiger partial charge in [-0.15, -0.1) is 0 Å². The normalized spacial score (nSPS) is 23.1. The van der Waals surface area contributed by atoms with Crippen molar-refractivity contribution in [2.75, 3.05) is 44.7 Å². The fourth-order valence-electron chi connectivity index (χ4n) is 5.93. The number of ether oxygens (including phenoxy) is 1. The van der Waals surface area contributed by atoms with Crippen LogP contribution in [-0.4, -0.2) is 78.5 Å². The Bertz CT molecular complexity index is 1580. The minimum Gasteiger partial charge on any atom is -0.494 e. The number of hydrogen-bond donors (Lipinski definition) is 2. The quantitative estimate of drug-likeness (QED) is 0.446. The van der Waals surface area contributed by atoms with Crippen LogP contribution in [0, 0.1) is 11.6 Å². The SMILES string of the molecule is COc1ccc2c(c1F)C(=O)N(C[C@@]1(c3cc4nc(N5CCN(C6CC6)CC5)c(F)cc4o3)NC(=O)NC1=O)C2. The van der Waals surface area contributed by atoms with Gasteiger partial charge in [0.1, 0.15) is 11.3 Å². The van der Waals surface area contributed by atoms with Crippen LogP contribution < -0.4 is 20.3 Å². The lowest BCUT2D eigenvalue weighted by Gasteiger charge is -2.35. The second-order valence-electron chi connectivity index (χ2n) is 10.6. The lowest BCUT2D eigenvalue weighted by Crippen LogP contribution is -2.52. The number of nitrogens with zero attached hydrogens (tertiary/aromatic N) is 4. The van der Waals surface area contributed by atoms with E-state index < -0.39 is 35.0 Å². The number of furan rings is 1.